The number of hydrogen-bond acceptors (Lipinski definition) is 4. The molecule has 128 valence electrons. The first kappa shape index (κ1) is 17.7. The summed E-state index contributed by atoms with van der Waals surface area (Å²) in [5, 5.41) is 0.695. The molecule has 2 heterocycles. The molecule has 0 spiro atoms. The van der Waals surface area contributed by atoms with Crippen LogP contribution in [0.4, 0.5) is 0 Å². The average molecular weight is 372 g/mol. The van der Waals surface area contributed by atoms with Crippen LogP contribution in [0, 0.1) is 0 Å². The first-order valence-electron chi connectivity index (χ1n) is 8.00. The second-order valence-electron chi connectivity index (χ2n) is 5.51. The molecule has 1 saturated heterocycles. The molecule has 0 bridgehead atoms. The van der Waals surface area contributed by atoms with Crippen molar-refractivity contribution in [2.75, 3.05) is 26.3 Å². The monoisotopic (exact) mass is 371 g/mol. The Morgan fingerprint density at radius 3 is 2.48 bits per heavy atom. The van der Waals surface area contributed by atoms with Crippen molar-refractivity contribution in [2.24, 2.45) is 4.99 Å². The third kappa shape index (κ3) is 4.95. The van der Waals surface area contributed by atoms with Crippen LogP contribution in [0.2, 0.25) is 5.02 Å². The second kappa shape index (κ2) is 8.85. The van der Waals surface area contributed by atoms with Crippen molar-refractivity contribution in [1.82, 2.24) is 9.88 Å². The molecule has 1 aliphatic heterocycles. The Hall–Kier alpha value is -2.08. The van der Waals surface area contributed by atoms with Crippen molar-refractivity contribution >= 4 is 40.6 Å². The minimum Gasteiger partial charge on any atom is -0.378 e. The van der Waals surface area contributed by atoms with Crippen LogP contribution in [-0.4, -0.2) is 47.4 Å². The Morgan fingerprint density at radius 1 is 1.12 bits per heavy atom. The van der Waals surface area contributed by atoms with Crippen LogP contribution in [0.5, 0.6) is 0 Å². The van der Waals surface area contributed by atoms with Crippen molar-refractivity contribution in [3.63, 3.8) is 0 Å². The van der Waals surface area contributed by atoms with E-state index in [4.69, 9.17) is 28.6 Å². The van der Waals surface area contributed by atoms with Gasteiger partial charge in [0, 0.05) is 48.5 Å². The molecular formula is C19H18ClN3OS. The first-order valence-corrected chi connectivity index (χ1v) is 8.79. The smallest absolute Gasteiger partial charge is 0.111 e. The number of pyridine rings is 1. The topological polar surface area (TPSA) is 37.7 Å². The molecule has 2 aromatic rings. The largest absolute Gasteiger partial charge is 0.378 e. The maximum atomic E-state index is 6.01. The zero-order chi connectivity index (χ0) is 17.5. The molecule has 0 amide bonds. The fraction of sp³-hybridized carbons (Fsp3) is 0.211. The molecule has 1 aromatic carbocycles. The number of nitrogens with zero attached hydrogens (tertiary/aromatic N) is 3. The van der Waals surface area contributed by atoms with Crippen LogP contribution in [-0.2, 0) is 4.74 Å². The molecule has 1 fully saturated rings. The Morgan fingerprint density at radius 2 is 1.80 bits per heavy atom. The zero-order valence-corrected chi connectivity index (χ0v) is 15.2. The number of benzene rings is 1. The van der Waals surface area contributed by atoms with Crippen LogP contribution in [0.25, 0.3) is 5.57 Å². The molecule has 0 radical (unpaired) electrons. The van der Waals surface area contributed by atoms with Gasteiger partial charge in [-0.15, -0.1) is 0 Å². The van der Waals surface area contributed by atoms with E-state index in [-0.39, 0.29) is 0 Å². The molecule has 6 heteroatoms. The number of rotatable bonds is 4. The minimum atomic E-state index is 0.689. The van der Waals surface area contributed by atoms with Gasteiger partial charge in [-0.25, -0.2) is 0 Å². The number of halogens is 1. The quantitative estimate of drug-likeness (QED) is 0.464. The summed E-state index contributed by atoms with van der Waals surface area (Å²) < 4.78 is 5.42. The fourth-order valence-corrected chi connectivity index (χ4v) is 2.95. The van der Waals surface area contributed by atoms with Gasteiger partial charge < -0.3 is 9.64 Å². The molecular weight excluding hydrogens is 354 g/mol. The number of morpholine rings is 1. The van der Waals surface area contributed by atoms with Gasteiger partial charge in [0.15, 0.2) is 0 Å². The van der Waals surface area contributed by atoms with E-state index < -0.39 is 0 Å². The lowest BCUT2D eigenvalue weighted by atomic mass is 10.1. The predicted octanol–water partition coefficient (Wildman–Crippen LogP) is 3.85. The lowest BCUT2D eigenvalue weighted by molar-refractivity contribution is 0.0696. The van der Waals surface area contributed by atoms with Gasteiger partial charge in [-0.3, -0.25) is 9.98 Å². The van der Waals surface area contributed by atoms with E-state index in [0.29, 0.717) is 18.2 Å². The van der Waals surface area contributed by atoms with Gasteiger partial charge in [-0.1, -0.05) is 36.0 Å². The van der Waals surface area contributed by atoms with Gasteiger partial charge in [-0.2, -0.15) is 0 Å². The van der Waals surface area contributed by atoms with Gasteiger partial charge >= 0.3 is 0 Å². The van der Waals surface area contributed by atoms with E-state index in [1.807, 2.05) is 42.6 Å². The van der Waals surface area contributed by atoms with Crippen molar-refractivity contribution in [2.45, 2.75) is 0 Å². The van der Waals surface area contributed by atoms with E-state index in [0.717, 1.165) is 34.8 Å². The highest BCUT2D eigenvalue weighted by atomic mass is 35.5. The summed E-state index contributed by atoms with van der Waals surface area (Å²) in [4.78, 5) is 11.4. The molecule has 4 nitrogen and oxygen atoms in total. The van der Waals surface area contributed by atoms with Gasteiger partial charge in [0.2, 0.25) is 0 Å². The Bertz CT molecular complexity index is 769. The molecule has 3 rings (SSSR count). The zero-order valence-electron chi connectivity index (χ0n) is 13.6. The molecule has 0 saturated carbocycles. The average Bonchev–Trinajstić information content (AvgIpc) is 2.67. The molecule has 1 aromatic heterocycles. The van der Waals surface area contributed by atoms with Crippen molar-refractivity contribution in [3.05, 3.63) is 71.1 Å². The van der Waals surface area contributed by atoms with Crippen LogP contribution in [0.15, 0.2) is 60.0 Å². The van der Waals surface area contributed by atoms with Crippen LogP contribution in [0.1, 0.15) is 11.1 Å². The molecule has 0 atom stereocenters. The summed E-state index contributed by atoms with van der Waals surface area (Å²) in [6.07, 6.45) is 7.08. The maximum Gasteiger partial charge on any atom is 0.111 e. The van der Waals surface area contributed by atoms with Crippen molar-refractivity contribution < 1.29 is 4.74 Å². The molecule has 1 aliphatic rings. The molecule has 25 heavy (non-hydrogen) atoms. The third-order valence-corrected chi connectivity index (χ3v) is 4.55. The Balaban J connectivity index is 1.87. The lowest BCUT2D eigenvalue weighted by Gasteiger charge is -2.30. The number of thiocarbonyl (C=S) groups is 1. The number of ether oxygens (including phenoxy) is 1. The highest BCUT2D eigenvalue weighted by Gasteiger charge is 2.18. The maximum absolute atomic E-state index is 6.01. The minimum absolute atomic E-state index is 0.689. The van der Waals surface area contributed by atoms with Crippen LogP contribution >= 0.6 is 23.8 Å². The normalized spacial score (nSPS) is 15.6. The summed E-state index contributed by atoms with van der Waals surface area (Å²) >= 11 is 11.7. The SMILES string of the molecule is S=C(/C(=C/N=Cc1ccncc1)c1ccc(Cl)cc1)N1CCOCC1. The highest BCUT2D eigenvalue weighted by molar-refractivity contribution is 7.81. The summed E-state index contributed by atoms with van der Waals surface area (Å²) in [5.74, 6) is 0. The summed E-state index contributed by atoms with van der Waals surface area (Å²) in [6.45, 7) is 2.96. The van der Waals surface area contributed by atoms with Gasteiger partial charge in [-0.05, 0) is 35.4 Å². The molecule has 0 N–H and O–H groups in total. The lowest BCUT2D eigenvalue weighted by Crippen LogP contribution is -2.40. The van der Waals surface area contributed by atoms with Crippen molar-refractivity contribution in [1.29, 1.82) is 0 Å². The van der Waals surface area contributed by atoms with Gasteiger partial charge in [0.05, 0.1) is 13.2 Å². The van der Waals surface area contributed by atoms with E-state index >= 15 is 0 Å². The van der Waals surface area contributed by atoms with Crippen LogP contribution in [0.3, 0.4) is 0 Å². The van der Waals surface area contributed by atoms with E-state index in [1.54, 1.807) is 18.6 Å². The Kier molecular flexibility index (Phi) is 6.28. The number of aromatic nitrogens is 1. The van der Waals surface area contributed by atoms with E-state index in [2.05, 4.69) is 14.9 Å². The molecule has 0 aliphatic carbocycles. The second-order valence-corrected chi connectivity index (χ2v) is 6.34. The summed E-state index contributed by atoms with van der Waals surface area (Å²) in [5.41, 5.74) is 2.88. The highest BCUT2D eigenvalue weighted by Crippen LogP contribution is 2.22. The van der Waals surface area contributed by atoms with Crippen molar-refractivity contribution in [3.8, 4) is 0 Å². The van der Waals surface area contributed by atoms with E-state index in [1.165, 1.54) is 0 Å². The van der Waals surface area contributed by atoms with Gasteiger partial charge in [0.1, 0.15) is 4.99 Å². The number of hydrogen-bond donors (Lipinski definition) is 0. The fourth-order valence-electron chi connectivity index (χ4n) is 2.47. The molecule has 0 unspecified atom stereocenters. The summed E-state index contributed by atoms with van der Waals surface area (Å²) in [6, 6.07) is 11.4. The third-order valence-electron chi connectivity index (χ3n) is 3.82. The first-order chi connectivity index (χ1) is 12.2. The summed E-state index contributed by atoms with van der Waals surface area (Å²) in [7, 11) is 0. The number of aliphatic imine (C=N–C) groups is 1. The standard InChI is InChI=1S/C19H18ClN3OS/c20-17-3-1-16(2-4-17)18(19(25)23-9-11-24-12-10-23)14-22-13-15-5-7-21-8-6-15/h1-8,13-14H,9-12H2/b18-14+,22-13?. The van der Waals surface area contributed by atoms with E-state index in [9.17, 15) is 0 Å². The predicted molar refractivity (Wildman–Crippen MR) is 106 cm³/mol. The van der Waals surface area contributed by atoms with Gasteiger partial charge in [0.25, 0.3) is 0 Å². The Labute approximate surface area is 157 Å². The van der Waals surface area contributed by atoms with Crippen LogP contribution < -0.4 is 0 Å².